The summed E-state index contributed by atoms with van der Waals surface area (Å²) in [6.07, 6.45) is -0.358. The normalized spacial score (nSPS) is 10.6. The monoisotopic (exact) mass is 281 g/mol. The second kappa shape index (κ2) is 11.9. The van der Waals surface area contributed by atoms with E-state index in [-0.39, 0.29) is 161 Å². The molecule has 0 atom stereocenters. The van der Waals surface area contributed by atoms with Crippen LogP contribution in [0.15, 0.2) is 0 Å². The van der Waals surface area contributed by atoms with E-state index in [0.29, 0.717) is 0 Å². The molecule has 0 saturated heterocycles. The molecule has 0 radical (unpaired) electrons. The first kappa shape index (κ1) is 26.4. The van der Waals surface area contributed by atoms with E-state index in [0.717, 1.165) is 0 Å². The van der Waals surface area contributed by atoms with Crippen LogP contribution in [-0.4, -0.2) is 29.0 Å². The quantitative estimate of drug-likeness (QED) is 0.444. The predicted octanol–water partition coefficient (Wildman–Crippen LogP) is -8.89. The molecule has 62 valence electrons. The zero-order chi connectivity index (χ0) is 8.41. The summed E-state index contributed by atoms with van der Waals surface area (Å²) in [5.74, 6) is -2.19. The van der Waals surface area contributed by atoms with Crippen molar-refractivity contribution in [1.29, 1.82) is 0 Å². The SMILES string of the molecule is [K+].[K+].[K+].[NH-]C([NH-])([NH-])CC[Si](O)(O)O. The maximum Gasteiger partial charge on any atom is 1.00 e. The topological polar surface area (TPSA) is 132 Å². The smallest absolute Gasteiger partial charge is 0.709 e. The minimum Gasteiger partial charge on any atom is -0.709 e. The van der Waals surface area contributed by atoms with Gasteiger partial charge in [-0.05, 0) is 0 Å². The molecule has 6 N–H and O–H groups in total. The predicted molar refractivity (Wildman–Crippen MR) is 37.5 cm³/mol. The molecule has 0 rings (SSSR count). The van der Waals surface area contributed by atoms with Gasteiger partial charge >= 0.3 is 163 Å². The van der Waals surface area contributed by atoms with Crippen molar-refractivity contribution < 1.29 is 169 Å². The number of nitrogens with one attached hydrogen (secondary N) is 3. The minimum atomic E-state index is -4.13. The van der Waals surface area contributed by atoms with E-state index in [1.165, 1.54) is 0 Å². The molecule has 6 nitrogen and oxygen atoms in total. The van der Waals surface area contributed by atoms with Crippen molar-refractivity contribution in [2.75, 3.05) is 0 Å². The van der Waals surface area contributed by atoms with Crippen molar-refractivity contribution in [2.45, 2.75) is 18.3 Å². The summed E-state index contributed by atoms with van der Waals surface area (Å²) in [6.45, 7) is 0. The zero-order valence-corrected chi connectivity index (χ0v) is 18.6. The van der Waals surface area contributed by atoms with Crippen LogP contribution in [0, 0.1) is 0 Å². The summed E-state index contributed by atoms with van der Waals surface area (Å²) in [5, 5.41) is 0. The van der Waals surface area contributed by atoms with Gasteiger partial charge in [-0.2, -0.15) is 0 Å². The third-order valence-electron chi connectivity index (χ3n) is 0.835. The molecule has 0 unspecified atom stereocenters. The average Bonchev–Trinajstić information content (AvgIpc) is 1.57. The Morgan fingerprint density at radius 3 is 1.31 bits per heavy atom. The van der Waals surface area contributed by atoms with Gasteiger partial charge in [0.05, 0.1) is 0 Å². The van der Waals surface area contributed by atoms with Crippen LogP contribution in [0.3, 0.4) is 0 Å². The standard InChI is InChI=1S/C3H10N3O3Si.3K/c4-3(5,6)1-2-10(7,8)9;;;/h4-9H,1-2H2;;;/q-3;3*+1. The van der Waals surface area contributed by atoms with Gasteiger partial charge in [-0.15, -0.1) is 6.42 Å². The molecule has 0 aliphatic carbocycles. The van der Waals surface area contributed by atoms with Crippen molar-refractivity contribution in [3.05, 3.63) is 17.2 Å². The summed E-state index contributed by atoms with van der Waals surface area (Å²) < 4.78 is 0. The summed E-state index contributed by atoms with van der Waals surface area (Å²) in [4.78, 5) is 25.1. The van der Waals surface area contributed by atoms with Crippen LogP contribution in [0.5, 0.6) is 0 Å². The summed E-state index contributed by atoms with van der Waals surface area (Å²) in [7, 11) is -4.13. The van der Waals surface area contributed by atoms with Crippen LogP contribution < -0.4 is 154 Å². The molecule has 0 amide bonds. The molecular formula is C3H10K3N3O3Si. The molecule has 0 aromatic heterocycles. The van der Waals surface area contributed by atoms with E-state index in [9.17, 15) is 0 Å². The van der Waals surface area contributed by atoms with E-state index in [4.69, 9.17) is 31.6 Å². The largest absolute Gasteiger partial charge is 1.00 e. The Hall–Kier alpha value is 4.89. The van der Waals surface area contributed by atoms with E-state index in [1.54, 1.807) is 0 Å². The molecule has 10 heteroatoms. The van der Waals surface area contributed by atoms with Gasteiger partial charge in [0.25, 0.3) is 0 Å². The molecular weight excluding hydrogens is 271 g/mol. The number of hydrogen-bond acceptors (Lipinski definition) is 3. The Morgan fingerprint density at radius 2 is 1.23 bits per heavy atom. The van der Waals surface area contributed by atoms with Crippen molar-refractivity contribution in [3.8, 4) is 0 Å². The van der Waals surface area contributed by atoms with Gasteiger partial charge in [0.15, 0.2) is 0 Å². The first-order valence-electron chi connectivity index (χ1n) is 2.63. The molecule has 0 saturated carbocycles. The van der Waals surface area contributed by atoms with Crippen LogP contribution in [-0.2, 0) is 0 Å². The van der Waals surface area contributed by atoms with E-state index >= 15 is 0 Å². The fraction of sp³-hybridized carbons (Fsp3) is 1.00. The Balaban J connectivity index is -0.000000135. The van der Waals surface area contributed by atoms with Gasteiger partial charge < -0.3 is 37.4 Å². The molecule has 0 aliphatic rings. The third-order valence-corrected chi connectivity index (χ3v) is 1.76. The Kier molecular flexibility index (Phi) is 24.3. The van der Waals surface area contributed by atoms with Gasteiger partial charge in [-0.25, -0.2) is 0 Å². The van der Waals surface area contributed by atoms with Crippen LogP contribution >= 0.6 is 0 Å². The van der Waals surface area contributed by atoms with E-state index < -0.39 is 20.6 Å². The first-order valence-corrected chi connectivity index (χ1v) is 4.68. The maximum absolute atomic E-state index is 8.38. The first-order chi connectivity index (χ1) is 4.21. The number of hydrogen-bond donors (Lipinski definition) is 3. The Morgan fingerprint density at radius 1 is 0.923 bits per heavy atom. The van der Waals surface area contributed by atoms with Crippen LogP contribution in [0.4, 0.5) is 0 Å². The van der Waals surface area contributed by atoms with Gasteiger partial charge in [-0.3, -0.25) is 0 Å². The number of rotatable bonds is 3. The van der Waals surface area contributed by atoms with E-state index in [2.05, 4.69) is 0 Å². The van der Waals surface area contributed by atoms with Crippen molar-refractivity contribution in [2.24, 2.45) is 0 Å². The molecule has 0 fully saturated rings. The van der Waals surface area contributed by atoms with E-state index in [1.807, 2.05) is 0 Å². The molecule has 13 heavy (non-hydrogen) atoms. The Labute approximate surface area is 206 Å². The summed E-state index contributed by atoms with van der Waals surface area (Å²) in [5.41, 5.74) is 19.9. The van der Waals surface area contributed by atoms with Gasteiger partial charge in [-0.1, -0.05) is 0 Å². The summed E-state index contributed by atoms with van der Waals surface area (Å²) in [6, 6.07) is -0.427. The second-order valence-electron chi connectivity index (χ2n) is 2.18. The molecule has 0 bridgehead atoms. The van der Waals surface area contributed by atoms with Gasteiger partial charge in [0.2, 0.25) is 0 Å². The fourth-order valence-electron chi connectivity index (χ4n) is 0.355. The van der Waals surface area contributed by atoms with Crippen LogP contribution in [0.2, 0.25) is 6.04 Å². The van der Waals surface area contributed by atoms with Crippen molar-refractivity contribution in [1.82, 2.24) is 0 Å². The van der Waals surface area contributed by atoms with Crippen LogP contribution in [0.1, 0.15) is 6.42 Å². The fourth-order valence-corrected chi connectivity index (χ4v) is 1.07. The van der Waals surface area contributed by atoms with Gasteiger partial charge in [0, 0.05) is 6.04 Å². The Bertz CT molecular complexity index is 103. The third kappa shape index (κ3) is 26.5. The summed E-state index contributed by atoms with van der Waals surface area (Å²) >= 11 is 0. The molecule has 0 aliphatic heterocycles. The van der Waals surface area contributed by atoms with Crippen molar-refractivity contribution >= 4 is 8.80 Å². The minimum absolute atomic E-state index is 0. The molecule has 0 aromatic rings. The van der Waals surface area contributed by atoms with Crippen LogP contribution in [0.25, 0.3) is 17.2 Å². The van der Waals surface area contributed by atoms with Crippen molar-refractivity contribution in [3.63, 3.8) is 0 Å². The maximum atomic E-state index is 8.38. The van der Waals surface area contributed by atoms with Gasteiger partial charge in [0.1, 0.15) is 0 Å². The average molecular weight is 282 g/mol. The molecule has 0 spiro atoms. The molecule has 0 heterocycles. The second-order valence-corrected chi connectivity index (χ2v) is 4.23. The zero-order valence-electron chi connectivity index (χ0n) is 8.26. The molecule has 0 aromatic carbocycles.